The fraction of sp³-hybridized carbons (Fsp3) is 0.788. The molecule has 0 aromatic heterocycles. The number of nitrogens with zero attached hydrogens (tertiary/aromatic N) is 1. The van der Waals surface area contributed by atoms with Crippen LogP contribution in [0.4, 0.5) is 0 Å². The van der Waals surface area contributed by atoms with Gasteiger partial charge in [-0.2, -0.15) is 5.26 Å². The van der Waals surface area contributed by atoms with Gasteiger partial charge in [-0.05, 0) is 94.1 Å². The molecule has 41 heavy (non-hydrogen) atoms. The van der Waals surface area contributed by atoms with Crippen LogP contribution in [0.5, 0.6) is 0 Å². The van der Waals surface area contributed by atoms with E-state index in [-0.39, 0.29) is 28.5 Å². The number of ketones is 2. The minimum Gasteiger partial charge on any atom is -0.381 e. The number of carbonyl (C=O) groups excluding carboxylic acids is 2. The van der Waals surface area contributed by atoms with Crippen LogP contribution >= 0.6 is 0 Å². The molecule has 0 radical (unpaired) electrons. The van der Waals surface area contributed by atoms with Gasteiger partial charge in [0.25, 0.3) is 0 Å². The number of rotatable bonds is 3. The van der Waals surface area contributed by atoms with Crippen LogP contribution in [-0.2, 0) is 19.6 Å². The van der Waals surface area contributed by atoms with Gasteiger partial charge in [-0.15, -0.1) is 0 Å². The number of fused-ring (bicyclic) bond motifs is 7. The van der Waals surface area contributed by atoms with E-state index in [1.54, 1.807) is 26.0 Å². The number of carbonyl (C=O) groups is 2. The first-order valence-corrected chi connectivity index (χ1v) is 16.8. The molecule has 2 N–H and O–H groups in total. The minimum absolute atomic E-state index is 0.0706. The third-order valence-electron chi connectivity index (χ3n) is 13.3. The number of nitrogens with one attached hydrogen (secondary N) is 1. The molecule has 0 amide bonds. The summed E-state index contributed by atoms with van der Waals surface area (Å²) in [5.74, 6) is -0.957. The van der Waals surface area contributed by atoms with Gasteiger partial charge >= 0.3 is 0 Å². The maximum absolute atomic E-state index is 14.5. The maximum Gasteiger partial charge on any atom is 0.214 e. The average molecular weight is 585 g/mol. The van der Waals surface area contributed by atoms with Gasteiger partial charge in [0.1, 0.15) is 11.7 Å². The monoisotopic (exact) mass is 584 g/mol. The predicted octanol–water partition coefficient (Wildman–Crippen LogP) is 5.40. The third-order valence-corrected chi connectivity index (χ3v) is 15.3. The third kappa shape index (κ3) is 3.70. The molecule has 7 nitrogen and oxygen atoms in total. The number of hydrogen-bond acceptors (Lipinski definition) is 6. The average Bonchev–Trinajstić information content (AvgIpc) is 2.86. The molecule has 3 fully saturated rings. The molecule has 8 atom stereocenters. The zero-order valence-electron chi connectivity index (χ0n) is 26.3. The molecular weight excluding hydrogens is 536 g/mol. The predicted molar refractivity (Wildman–Crippen MR) is 158 cm³/mol. The van der Waals surface area contributed by atoms with Crippen LogP contribution in [-0.4, -0.2) is 41.5 Å². The molecule has 0 aliphatic heterocycles. The zero-order valence-corrected chi connectivity index (χ0v) is 27.1. The lowest BCUT2D eigenvalue weighted by Crippen LogP contribution is -2.74. The lowest BCUT2D eigenvalue weighted by molar-refractivity contribution is -0.239. The van der Waals surface area contributed by atoms with Gasteiger partial charge in [0.2, 0.25) is 10.0 Å². The number of Topliss-reactive ketones (excluding diaryl/α,β-unsaturated/α-hetero) is 1. The summed E-state index contributed by atoms with van der Waals surface area (Å²) in [7, 11) is -3.56. The molecule has 0 unspecified atom stereocenters. The van der Waals surface area contributed by atoms with E-state index in [4.69, 9.17) is 0 Å². The van der Waals surface area contributed by atoms with Gasteiger partial charge < -0.3 is 5.11 Å². The second kappa shape index (κ2) is 8.64. The molecule has 8 heteroatoms. The van der Waals surface area contributed by atoms with Gasteiger partial charge in [-0.1, -0.05) is 47.6 Å². The molecule has 0 aromatic carbocycles. The molecule has 0 bridgehead atoms. The molecule has 5 rings (SSSR count). The molecule has 5 aliphatic carbocycles. The minimum atomic E-state index is -3.56. The number of allylic oxidation sites excluding steroid dienone is 3. The van der Waals surface area contributed by atoms with Crippen molar-refractivity contribution in [3.05, 3.63) is 23.3 Å². The molecule has 226 valence electrons. The normalized spacial score (nSPS) is 47.3. The van der Waals surface area contributed by atoms with Crippen molar-refractivity contribution < 1.29 is 23.1 Å². The molecule has 5 aliphatic rings. The second-order valence-electron chi connectivity index (χ2n) is 16.1. The first-order valence-electron chi connectivity index (χ1n) is 15.3. The highest BCUT2D eigenvalue weighted by atomic mass is 32.2. The van der Waals surface area contributed by atoms with E-state index in [0.29, 0.717) is 19.3 Å². The summed E-state index contributed by atoms with van der Waals surface area (Å²) in [5.41, 5.74) is -4.46. The van der Waals surface area contributed by atoms with Crippen LogP contribution in [0.15, 0.2) is 23.3 Å². The summed E-state index contributed by atoms with van der Waals surface area (Å²) in [5, 5.41) is 22.3. The smallest absolute Gasteiger partial charge is 0.214 e. The molecular formula is C33H48N2O5S. The van der Waals surface area contributed by atoms with Crippen LogP contribution in [0.2, 0.25) is 0 Å². The van der Waals surface area contributed by atoms with Crippen LogP contribution in [0.1, 0.15) is 107 Å². The molecule has 0 heterocycles. The van der Waals surface area contributed by atoms with Crippen molar-refractivity contribution in [2.45, 2.75) is 124 Å². The Morgan fingerprint density at radius 2 is 1.59 bits per heavy atom. The summed E-state index contributed by atoms with van der Waals surface area (Å²) in [4.78, 5) is 27.8. The van der Waals surface area contributed by atoms with Crippen LogP contribution in [0.3, 0.4) is 0 Å². The first kappa shape index (κ1) is 30.6. The SMILES string of the molecule is CC(C)S(=O)(=O)N[C@@]1(C)CC[C@]2(C)CC[C@@]3(C)[C@]4(C)CC[C@H]5C(C)(C)C(=O)C(C#N)=C[C@]5(C)C4=CC(=O)[C@]3(O)[C@@H]2C1. The Kier molecular flexibility index (Phi) is 6.45. The van der Waals surface area contributed by atoms with Crippen molar-refractivity contribution in [3.8, 4) is 6.07 Å². The fourth-order valence-electron chi connectivity index (χ4n) is 10.3. The first-order chi connectivity index (χ1) is 18.6. The number of aliphatic hydroxyl groups is 1. The Hall–Kier alpha value is -1.82. The summed E-state index contributed by atoms with van der Waals surface area (Å²) >= 11 is 0. The topological polar surface area (TPSA) is 124 Å². The molecule has 3 saturated carbocycles. The Labute approximate surface area is 246 Å². The molecule has 0 aromatic rings. The van der Waals surface area contributed by atoms with Gasteiger partial charge in [0.05, 0.1) is 10.8 Å². The Bertz CT molecular complexity index is 1440. The summed E-state index contributed by atoms with van der Waals surface area (Å²) in [6.45, 7) is 17.5. The largest absolute Gasteiger partial charge is 0.381 e. The van der Waals surface area contributed by atoms with Gasteiger partial charge in [0.15, 0.2) is 11.6 Å². The number of hydrogen-bond donors (Lipinski definition) is 2. The van der Waals surface area contributed by atoms with Gasteiger partial charge in [0, 0.05) is 27.7 Å². The fourth-order valence-corrected chi connectivity index (χ4v) is 11.4. The van der Waals surface area contributed by atoms with E-state index in [2.05, 4.69) is 38.5 Å². The van der Waals surface area contributed by atoms with Crippen molar-refractivity contribution in [2.75, 3.05) is 0 Å². The second-order valence-corrected chi connectivity index (χ2v) is 18.4. The van der Waals surface area contributed by atoms with E-state index in [1.165, 1.54) is 0 Å². The summed E-state index contributed by atoms with van der Waals surface area (Å²) in [6.07, 6.45) is 8.19. The quantitative estimate of drug-likeness (QED) is 0.458. The van der Waals surface area contributed by atoms with Crippen LogP contribution < -0.4 is 4.72 Å². The highest BCUT2D eigenvalue weighted by molar-refractivity contribution is 7.90. The highest BCUT2D eigenvalue weighted by Crippen LogP contribution is 2.75. The van der Waals surface area contributed by atoms with Crippen molar-refractivity contribution >= 4 is 21.6 Å². The van der Waals surface area contributed by atoms with Crippen LogP contribution in [0, 0.1) is 50.2 Å². The maximum atomic E-state index is 14.5. The van der Waals surface area contributed by atoms with Crippen molar-refractivity contribution in [2.24, 2.45) is 38.9 Å². The van der Waals surface area contributed by atoms with Gasteiger partial charge in [-0.3, -0.25) is 9.59 Å². The molecule has 0 spiro atoms. The summed E-state index contributed by atoms with van der Waals surface area (Å²) < 4.78 is 28.9. The van der Waals surface area contributed by atoms with E-state index in [9.17, 15) is 28.4 Å². The standard InChI is InChI=1S/C33H48N2O5S/c1-20(2)41(39,40)35-29(6)14-12-28(5)13-15-32(9)31(8)11-10-22-27(3,4)26(37)21(19-34)17-30(22,7)23(31)16-25(36)33(32,38)24(28)18-29/h16-17,20,22,24,35,38H,10-15,18H2,1-9H3/t22-,24+,28+,29-,30-,31+,32-,33+/m0/s1. The Morgan fingerprint density at radius 3 is 2.17 bits per heavy atom. The van der Waals surface area contributed by atoms with Crippen LogP contribution in [0.25, 0.3) is 0 Å². The van der Waals surface area contributed by atoms with Gasteiger partial charge in [-0.25, -0.2) is 13.1 Å². The van der Waals surface area contributed by atoms with E-state index < -0.39 is 54.0 Å². The lowest BCUT2D eigenvalue weighted by Gasteiger charge is -2.71. The zero-order chi connectivity index (χ0) is 30.8. The van der Waals surface area contributed by atoms with Crippen molar-refractivity contribution in [1.29, 1.82) is 5.26 Å². The van der Waals surface area contributed by atoms with Crippen molar-refractivity contribution in [1.82, 2.24) is 4.72 Å². The van der Waals surface area contributed by atoms with Crippen molar-refractivity contribution in [3.63, 3.8) is 0 Å². The molecule has 0 saturated heterocycles. The number of sulfonamides is 1. The number of nitriles is 1. The summed E-state index contributed by atoms with van der Waals surface area (Å²) in [6, 6.07) is 2.13. The van der Waals surface area contributed by atoms with E-state index in [1.807, 2.05) is 20.8 Å². The Morgan fingerprint density at radius 1 is 0.976 bits per heavy atom. The highest BCUT2D eigenvalue weighted by Gasteiger charge is 2.75. The van der Waals surface area contributed by atoms with E-state index >= 15 is 0 Å². The Balaban J connectivity index is 1.67. The van der Waals surface area contributed by atoms with E-state index in [0.717, 1.165) is 31.3 Å². The lowest BCUT2D eigenvalue weighted by atomic mass is 9.33.